The molecule has 0 fully saturated rings. The molecule has 0 spiro atoms. The van der Waals surface area contributed by atoms with Crippen LogP contribution in [0.2, 0.25) is 0 Å². The molecule has 3 aromatic rings. The van der Waals surface area contributed by atoms with Gasteiger partial charge in [0.1, 0.15) is 0 Å². The number of anilines is 1. The first kappa shape index (κ1) is 19.3. The number of nitrogens with zero attached hydrogens (tertiary/aromatic N) is 2. The molecule has 0 saturated heterocycles. The summed E-state index contributed by atoms with van der Waals surface area (Å²) in [4.78, 5) is 44.6. The summed E-state index contributed by atoms with van der Waals surface area (Å²) in [5.41, 5.74) is 1.43. The van der Waals surface area contributed by atoms with Crippen molar-refractivity contribution < 1.29 is 14.4 Å². The number of amides is 3. The number of nitrogens with one attached hydrogen (secondary N) is 2. The molecule has 3 heterocycles. The van der Waals surface area contributed by atoms with Gasteiger partial charge in [0.05, 0.1) is 23.7 Å². The summed E-state index contributed by atoms with van der Waals surface area (Å²) in [6.45, 7) is 0.917. The van der Waals surface area contributed by atoms with Crippen LogP contribution in [0.5, 0.6) is 0 Å². The molecule has 4 rings (SSSR count). The highest BCUT2D eigenvalue weighted by Gasteiger charge is 2.25. The first-order valence-corrected chi connectivity index (χ1v) is 10.7. The van der Waals surface area contributed by atoms with Crippen LogP contribution in [0.1, 0.15) is 30.6 Å². The van der Waals surface area contributed by atoms with Crippen molar-refractivity contribution >= 4 is 45.5 Å². The van der Waals surface area contributed by atoms with Crippen LogP contribution in [0.4, 0.5) is 5.13 Å². The second-order valence-corrected chi connectivity index (χ2v) is 8.47. The minimum absolute atomic E-state index is 0.0518. The third-order valence-corrected chi connectivity index (χ3v) is 6.35. The highest BCUT2D eigenvalue weighted by atomic mass is 32.1. The zero-order valence-corrected chi connectivity index (χ0v) is 17.0. The molecule has 29 heavy (non-hydrogen) atoms. The van der Waals surface area contributed by atoms with E-state index in [1.807, 2.05) is 17.5 Å². The molecule has 0 bridgehead atoms. The van der Waals surface area contributed by atoms with E-state index in [9.17, 15) is 14.4 Å². The van der Waals surface area contributed by atoms with E-state index in [0.29, 0.717) is 35.1 Å². The Hall–Kier alpha value is -3.04. The van der Waals surface area contributed by atoms with Gasteiger partial charge >= 0.3 is 0 Å². The molecule has 2 aromatic heterocycles. The fourth-order valence-electron chi connectivity index (χ4n) is 2.99. The van der Waals surface area contributed by atoms with Crippen LogP contribution >= 0.6 is 22.7 Å². The molecule has 0 aliphatic carbocycles. The van der Waals surface area contributed by atoms with Crippen LogP contribution in [0.3, 0.4) is 0 Å². The summed E-state index contributed by atoms with van der Waals surface area (Å²) < 4.78 is 0. The van der Waals surface area contributed by atoms with Crippen LogP contribution in [-0.4, -0.2) is 40.7 Å². The van der Waals surface area contributed by atoms with Gasteiger partial charge in [0.15, 0.2) is 5.13 Å². The minimum atomic E-state index is -0.270. The Kier molecular flexibility index (Phi) is 5.68. The van der Waals surface area contributed by atoms with E-state index in [0.717, 1.165) is 10.6 Å². The van der Waals surface area contributed by atoms with Gasteiger partial charge in [-0.1, -0.05) is 35.6 Å². The number of aromatic nitrogens is 1. The Balaban J connectivity index is 1.33. The van der Waals surface area contributed by atoms with Gasteiger partial charge in [-0.3, -0.25) is 19.7 Å². The van der Waals surface area contributed by atoms with E-state index in [1.54, 1.807) is 35.2 Å². The number of benzene rings is 1. The second kappa shape index (κ2) is 8.54. The zero-order chi connectivity index (χ0) is 20.2. The molecule has 2 N–H and O–H groups in total. The van der Waals surface area contributed by atoms with Gasteiger partial charge in [0.25, 0.3) is 11.8 Å². The molecule has 0 radical (unpaired) electrons. The number of hydrogen-bond donors (Lipinski definition) is 2. The van der Waals surface area contributed by atoms with Gasteiger partial charge in [-0.25, -0.2) is 4.98 Å². The predicted octanol–water partition coefficient (Wildman–Crippen LogP) is 2.77. The second-order valence-electron chi connectivity index (χ2n) is 6.43. The Morgan fingerprint density at radius 3 is 2.66 bits per heavy atom. The Morgan fingerprint density at radius 1 is 1.07 bits per heavy atom. The third-order valence-electron chi connectivity index (χ3n) is 4.49. The normalized spacial score (nSPS) is 12.9. The summed E-state index contributed by atoms with van der Waals surface area (Å²) in [7, 11) is 0. The largest absolute Gasteiger partial charge is 0.343 e. The van der Waals surface area contributed by atoms with Crippen molar-refractivity contribution in [1.82, 2.24) is 15.2 Å². The predicted molar refractivity (Wildman–Crippen MR) is 112 cm³/mol. The SMILES string of the molecule is O=C(NCC(=O)N1CCc2nc(NC(=O)c3cccs3)sc2C1)c1ccccc1. The highest BCUT2D eigenvalue weighted by molar-refractivity contribution is 7.16. The average molecular weight is 427 g/mol. The lowest BCUT2D eigenvalue weighted by Crippen LogP contribution is -2.42. The fourth-order valence-corrected chi connectivity index (χ4v) is 4.63. The number of carbonyl (C=O) groups excluding carboxylic acids is 3. The maximum Gasteiger partial charge on any atom is 0.267 e. The van der Waals surface area contributed by atoms with Gasteiger partial charge in [0.2, 0.25) is 5.91 Å². The molecule has 7 nitrogen and oxygen atoms in total. The van der Waals surface area contributed by atoms with Gasteiger partial charge in [-0.2, -0.15) is 0 Å². The molecule has 9 heteroatoms. The molecule has 0 atom stereocenters. The van der Waals surface area contributed by atoms with Gasteiger partial charge < -0.3 is 10.2 Å². The van der Waals surface area contributed by atoms with Crippen molar-refractivity contribution in [2.45, 2.75) is 13.0 Å². The van der Waals surface area contributed by atoms with Crippen LogP contribution in [0.15, 0.2) is 47.8 Å². The van der Waals surface area contributed by atoms with E-state index in [1.165, 1.54) is 22.7 Å². The smallest absolute Gasteiger partial charge is 0.267 e. The number of thiazole rings is 1. The fraction of sp³-hybridized carbons (Fsp3) is 0.200. The Morgan fingerprint density at radius 2 is 1.90 bits per heavy atom. The lowest BCUT2D eigenvalue weighted by Gasteiger charge is -2.26. The maximum absolute atomic E-state index is 12.5. The topological polar surface area (TPSA) is 91.4 Å². The number of rotatable bonds is 5. The standard InChI is InChI=1S/C20H18N4O3S2/c25-17(11-21-18(26)13-5-2-1-3-6-13)24-9-8-14-16(12-24)29-20(22-14)23-19(27)15-7-4-10-28-15/h1-7,10H,8-9,11-12H2,(H,21,26)(H,22,23,27). The highest BCUT2D eigenvalue weighted by Crippen LogP contribution is 2.29. The van der Waals surface area contributed by atoms with Crippen molar-refractivity contribution in [3.8, 4) is 0 Å². The van der Waals surface area contributed by atoms with Crippen molar-refractivity contribution in [2.24, 2.45) is 0 Å². The molecule has 1 aliphatic rings. The number of thiophene rings is 1. The minimum Gasteiger partial charge on any atom is -0.343 e. The summed E-state index contributed by atoms with van der Waals surface area (Å²) in [6, 6.07) is 12.4. The Labute approximate surface area is 175 Å². The average Bonchev–Trinajstić information content (AvgIpc) is 3.41. The third kappa shape index (κ3) is 4.52. The van der Waals surface area contributed by atoms with Crippen molar-refractivity contribution in [1.29, 1.82) is 0 Å². The van der Waals surface area contributed by atoms with E-state index in [-0.39, 0.29) is 24.3 Å². The Bertz CT molecular complexity index is 1030. The molecule has 1 aliphatic heterocycles. The van der Waals surface area contributed by atoms with Crippen LogP contribution in [0, 0.1) is 0 Å². The number of hydrogen-bond acceptors (Lipinski definition) is 6. The van der Waals surface area contributed by atoms with Crippen molar-refractivity contribution in [2.75, 3.05) is 18.4 Å². The summed E-state index contributed by atoms with van der Waals surface area (Å²) in [5.74, 6) is -0.590. The molecular formula is C20H18N4O3S2. The first-order chi connectivity index (χ1) is 14.1. The molecule has 0 unspecified atom stereocenters. The van der Waals surface area contributed by atoms with E-state index < -0.39 is 0 Å². The maximum atomic E-state index is 12.5. The summed E-state index contributed by atoms with van der Waals surface area (Å²) in [6.07, 6.45) is 0.624. The van der Waals surface area contributed by atoms with Crippen LogP contribution in [0.25, 0.3) is 0 Å². The molecule has 148 valence electrons. The molecule has 1 aromatic carbocycles. The van der Waals surface area contributed by atoms with Crippen molar-refractivity contribution in [3.05, 3.63) is 68.9 Å². The first-order valence-electron chi connectivity index (χ1n) is 9.04. The van der Waals surface area contributed by atoms with Gasteiger partial charge in [0, 0.05) is 23.4 Å². The lowest BCUT2D eigenvalue weighted by molar-refractivity contribution is -0.130. The number of carbonyl (C=O) groups is 3. The monoisotopic (exact) mass is 426 g/mol. The zero-order valence-electron chi connectivity index (χ0n) is 15.4. The summed E-state index contributed by atoms with van der Waals surface area (Å²) >= 11 is 2.76. The van der Waals surface area contributed by atoms with Crippen molar-refractivity contribution in [3.63, 3.8) is 0 Å². The lowest BCUT2D eigenvalue weighted by atomic mass is 10.2. The molecule has 0 saturated carbocycles. The van der Waals surface area contributed by atoms with Crippen LogP contribution < -0.4 is 10.6 Å². The van der Waals surface area contributed by atoms with E-state index in [4.69, 9.17) is 0 Å². The van der Waals surface area contributed by atoms with E-state index in [2.05, 4.69) is 15.6 Å². The van der Waals surface area contributed by atoms with Gasteiger partial charge in [-0.05, 0) is 23.6 Å². The molecule has 3 amide bonds. The van der Waals surface area contributed by atoms with Crippen LogP contribution in [-0.2, 0) is 17.8 Å². The van der Waals surface area contributed by atoms with E-state index >= 15 is 0 Å². The quantitative estimate of drug-likeness (QED) is 0.656. The molecular weight excluding hydrogens is 408 g/mol. The number of fused-ring (bicyclic) bond motifs is 1. The van der Waals surface area contributed by atoms with Gasteiger partial charge in [-0.15, -0.1) is 11.3 Å². The summed E-state index contributed by atoms with van der Waals surface area (Å²) in [5, 5.41) is 7.88.